The molecule has 0 saturated heterocycles. The molecule has 2 aromatic carbocycles. The first-order valence-corrected chi connectivity index (χ1v) is 9.33. The number of aliphatic hydroxyl groups is 1. The number of carbonyl (C=O) groups is 1. The van der Waals surface area contributed by atoms with Crippen molar-refractivity contribution in [3.63, 3.8) is 0 Å². The van der Waals surface area contributed by atoms with Crippen molar-refractivity contribution in [2.75, 3.05) is 18.2 Å². The Morgan fingerprint density at radius 3 is 2.58 bits per heavy atom. The lowest BCUT2D eigenvalue weighted by molar-refractivity contribution is 0.244. The number of hydrogen-bond donors (Lipinski definition) is 3. The van der Waals surface area contributed by atoms with Crippen molar-refractivity contribution < 1.29 is 14.1 Å². The minimum absolute atomic E-state index is 0.0803. The van der Waals surface area contributed by atoms with Crippen LogP contribution in [0.25, 0.3) is 0 Å². The average molecular weight is 346 g/mol. The highest BCUT2D eigenvalue weighted by molar-refractivity contribution is 7.84. The van der Waals surface area contributed by atoms with Crippen molar-refractivity contribution in [2.45, 2.75) is 23.8 Å². The number of urea groups is 1. The molecule has 5 nitrogen and oxygen atoms in total. The monoisotopic (exact) mass is 346 g/mol. The Bertz CT molecular complexity index is 692. The zero-order valence-electron chi connectivity index (χ0n) is 13.6. The summed E-state index contributed by atoms with van der Waals surface area (Å²) in [6.07, 6.45) is 2.84. The van der Waals surface area contributed by atoms with Crippen LogP contribution >= 0.6 is 0 Å². The van der Waals surface area contributed by atoms with E-state index in [1.54, 1.807) is 30.5 Å². The van der Waals surface area contributed by atoms with E-state index in [4.69, 9.17) is 5.11 Å². The van der Waals surface area contributed by atoms with Gasteiger partial charge < -0.3 is 15.7 Å². The fourth-order valence-corrected chi connectivity index (χ4v) is 2.94. The molecule has 0 fully saturated rings. The summed E-state index contributed by atoms with van der Waals surface area (Å²) < 4.78 is 11.5. The summed E-state index contributed by atoms with van der Waals surface area (Å²) in [5.74, 6) is 0. The third kappa shape index (κ3) is 5.47. The van der Waals surface area contributed by atoms with Crippen molar-refractivity contribution in [1.82, 2.24) is 5.32 Å². The lowest BCUT2D eigenvalue weighted by Crippen LogP contribution is -2.32. The van der Waals surface area contributed by atoms with Gasteiger partial charge >= 0.3 is 6.03 Å². The van der Waals surface area contributed by atoms with E-state index in [2.05, 4.69) is 10.6 Å². The standard InChI is InChI=1S/C18H22N2O3S/c1-24(23)16-10-5-9-15(13-16)19-18(22)20-17(11-6-12-21)14-7-3-2-4-8-14/h2-5,7-10,13,17,21H,6,11-12H2,1H3,(H2,19,20,22). The van der Waals surface area contributed by atoms with Crippen LogP contribution in [-0.2, 0) is 10.8 Å². The van der Waals surface area contributed by atoms with Crippen LogP contribution in [0.1, 0.15) is 24.4 Å². The van der Waals surface area contributed by atoms with Crippen LogP contribution in [-0.4, -0.2) is 28.2 Å². The van der Waals surface area contributed by atoms with Gasteiger partial charge in [-0.25, -0.2) is 4.79 Å². The maximum atomic E-state index is 12.3. The number of benzene rings is 2. The predicted octanol–water partition coefficient (Wildman–Crippen LogP) is 3.06. The summed E-state index contributed by atoms with van der Waals surface area (Å²) in [5.41, 5.74) is 1.58. The number of anilines is 1. The van der Waals surface area contributed by atoms with Gasteiger partial charge in [0.25, 0.3) is 0 Å². The summed E-state index contributed by atoms with van der Waals surface area (Å²) in [4.78, 5) is 12.9. The number of carbonyl (C=O) groups excluding carboxylic acids is 1. The SMILES string of the molecule is CS(=O)c1cccc(NC(=O)NC(CCCO)c2ccccc2)c1. The Morgan fingerprint density at radius 2 is 1.92 bits per heavy atom. The molecule has 24 heavy (non-hydrogen) atoms. The van der Waals surface area contributed by atoms with E-state index in [9.17, 15) is 9.00 Å². The van der Waals surface area contributed by atoms with Crippen LogP contribution in [0.3, 0.4) is 0 Å². The van der Waals surface area contributed by atoms with E-state index in [-0.39, 0.29) is 18.7 Å². The highest BCUT2D eigenvalue weighted by Crippen LogP contribution is 2.19. The first-order chi connectivity index (χ1) is 11.6. The molecule has 0 bridgehead atoms. The Kier molecular flexibility index (Phi) is 6.96. The van der Waals surface area contributed by atoms with E-state index in [0.29, 0.717) is 23.4 Å². The first-order valence-electron chi connectivity index (χ1n) is 7.77. The van der Waals surface area contributed by atoms with Gasteiger partial charge in [-0.1, -0.05) is 36.4 Å². The topological polar surface area (TPSA) is 78.4 Å². The van der Waals surface area contributed by atoms with E-state index in [0.717, 1.165) is 5.56 Å². The van der Waals surface area contributed by atoms with E-state index >= 15 is 0 Å². The highest BCUT2D eigenvalue weighted by atomic mass is 32.2. The molecule has 6 heteroatoms. The molecular weight excluding hydrogens is 324 g/mol. The summed E-state index contributed by atoms with van der Waals surface area (Å²) in [5, 5.41) is 14.8. The van der Waals surface area contributed by atoms with Crippen LogP contribution in [0.4, 0.5) is 10.5 Å². The lowest BCUT2D eigenvalue weighted by atomic mass is 10.0. The zero-order chi connectivity index (χ0) is 17.4. The molecule has 0 spiro atoms. The van der Waals surface area contributed by atoms with Crippen molar-refractivity contribution in [2.24, 2.45) is 0 Å². The van der Waals surface area contributed by atoms with Crippen LogP contribution in [0.15, 0.2) is 59.5 Å². The molecule has 2 unspecified atom stereocenters. The molecule has 0 radical (unpaired) electrons. The summed E-state index contributed by atoms with van der Waals surface area (Å²) in [6, 6.07) is 16.1. The maximum absolute atomic E-state index is 12.3. The molecule has 0 aliphatic heterocycles. The van der Waals surface area contributed by atoms with Gasteiger partial charge in [0, 0.05) is 34.2 Å². The average Bonchev–Trinajstić information content (AvgIpc) is 2.59. The van der Waals surface area contributed by atoms with Gasteiger partial charge in [-0.05, 0) is 36.6 Å². The number of aliphatic hydroxyl groups excluding tert-OH is 1. The predicted molar refractivity (Wildman–Crippen MR) is 96.4 cm³/mol. The van der Waals surface area contributed by atoms with Gasteiger partial charge in [-0.3, -0.25) is 4.21 Å². The summed E-state index contributed by atoms with van der Waals surface area (Å²) in [6.45, 7) is 0.0803. The van der Waals surface area contributed by atoms with Crippen LogP contribution in [0.2, 0.25) is 0 Å². The van der Waals surface area contributed by atoms with Gasteiger partial charge in [0.05, 0.1) is 6.04 Å². The van der Waals surface area contributed by atoms with Crippen LogP contribution in [0.5, 0.6) is 0 Å². The number of rotatable bonds is 7. The second-order valence-electron chi connectivity index (χ2n) is 5.41. The van der Waals surface area contributed by atoms with Gasteiger partial charge in [0.1, 0.15) is 0 Å². The fourth-order valence-electron chi connectivity index (χ4n) is 2.38. The molecule has 0 aliphatic carbocycles. The highest BCUT2D eigenvalue weighted by Gasteiger charge is 2.14. The number of hydrogen-bond acceptors (Lipinski definition) is 3. The van der Waals surface area contributed by atoms with Crippen LogP contribution < -0.4 is 10.6 Å². The van der Waals surface area contributed by atoms with E-state index in [1.807, 2.05) is 30.3 Å². The molecule has 2 aromatic rings. The lowest BCUT2D eigenvalue weighted by Gasteiger charge is -2.19. The molecule has 0 aromatic heterocycles. The minimum atomic E-state index is -1.10. The summed E-state index contributed by atoms with van der Waals surface area (Å²) in [7, 11) is -1.10. The third-order valence-electron chi connectivity index (χ3n) is 3.58. The van der Waals surface area contributed by atoms with Gasteiger partial charge in [0.15, 0.2) is 0 Å². The fraction of sp³-hybridized carbons (Fsp3) is 0.278. The van der Waals surface area contributed by atoms with E-state index in [1.165, 1.54) is 0 Å². The number of nitrogens with one attached hydrogen (secondary N) is 2. The van der Waals surface area contributed by atoms with Crippen molar-refractivity contribution in [3.8, 4) is 0 Å². The molecule has 0 heterocycles. The molecular formula is C18H22N2O3S. The Balaban J connectivity index is 2.05. The second-order valence-corrected chi connectivity index (χ2v) is 6.79. The largest absolute Gasteiger partial charge is 0.396 e. The van der Waals surface area contributed by atoms with Crippen molar-refractivity contribution in [3.05, 3.63) is 60.2 Å². The van der Waals surface area contributed by atoms with Gasteiger partial charge in [-0.15, -0.1) is 0 Å². The second kappa shape index (κ2) is 9.20. The molecule has 2 atom stereocenters. The zero-order valence-corrected chi connectivity index (χ0v) is 14.4. The quantitative estimate of drug-likeness (QED) is 0.721. The Labute approximate surface area is 144 Å². The Hall–Kier alpha value is -2.18. The Morgan fingerprint density at radius 1 is 1.17 bits per heavy atom. The van der Waals surface area contributed by atoms with Gasteiger partial charge in [-0.2, -0.15) is 0 Å². The third-order valence-corrected chi connectivity index (χ3v) is 4.50. The van der Waals surface area contributed by atoms with Crippen molar-refractivity contribution in [1.29, 1.82) is 0 Å². The normalized spacial score (nSPS) is 13.1. The van der Waals surface area contributed by atoms with Crippen LogP contribution in [0, 0.1) is 0 Å². The van der Waals surface area contributed by atoms with E-state index < -0.39 is 10.8 Å². The maximum Gasteiger partial charge on any atom is 0.319 e. The van der Waals surface area contributed by atoms with Gasteiger partial charge in [0.2, 0.25) is 0 Å². The molecule has 128 valence electrons. The molecule has 0 aliphatic rings. The smallest absolute Gasteiger partial charge is 0.319 e. The summed E-state index contributed by atoms with van der Waals surface area (Å²) >= 11 is 0. The van der Waals surface area contributed by atoms with Crippen molar-refractivity contribution >= 4 is 22.5 Å². The molecule has 0 saturated carbocycles. The molecule has 2 amide bonds. The molecule has 3 N–H and O–H groups in total. The minimum Gasteiger partial charge on any atom is -0.396 e. The molecule has 2 rings (SSSR count). The first kappa shape index (κ1) is 18.2. The number of amides is 2.